The number of nitrogens with zero attached hydrogens (tertiary/aromatic N) is 2. The highest BCUT2D eigenvalue weighted by atomic mass is 16.5. The van der Waals surface area contributed by atoms with Crippen molar-refractivity contribution in [3.8, 4) is 0 Å². The van der Waals surface area contributed by atoms with Gasteiger partial charge in [-0.2, -0.15) is 0 Å². The first-order valence-corrected chi connectivity index (χ1v) is 8.20. The lowest BCUT2D eigenvalue weighted by atomic mass is 10.1. The molecular weight excluding hydrogens is 280 g/mol. The fraction of sp³-hybridized carbons (Fsp3) is 0.875. The second kappa shape index (κ2) is 8.98. The van der Waals surface area contributed by atoms with Crippen LogP contribution in [0.1, 0.15) is 40.5 Å². The van der Waals surface area contributed by atoms with Crippen LogP contribution in [0.3, 0.4) is 0 Å². The zero-order valence-electron chi connectivity index (χ0n) is 14.7. The second-order valence-electron chi connectivity index (χ2n) is 6.91. The van der Waals surface area contributed by atoms with Crippen LogP contribution >= 0.6 is 0 Å². The fourth-order valence-corrected chi connectivity index (χ4v) is 1.92. The molecule has 1 fully saturated rings. The van der Waals surface area contributed by atoms with Gasteiger partial charge in [-0.05, 0) is 46.5 Å². The summed E-state index contributed by atoms with van der Waals surface area (Å²) in [5, 5.41) is 6.11. The van der Waals surface area contributed by atoms with Gasteiger partial charge >= 0.3 is 0 Å². The Morgan fingerprint density at radius 2 is 2.05 bits per heavy atom. The number of carbonyl (C=O) groups excluding carboxylic acids is 1. The zero-order chi connectivity index (χ0) is 16.6. The molecule has 2 N–H and O–H groups in total. The van der Waals surface area contributed by atoms with Crippen molar-refractivity contribution in [1.82, 2.24) is 15.5 Å². The van der Waals surface area contributed by atoms with E-state index in [0.717, 1.165) is 31.6 Å². The van der Waals surface area contributed by atoms with Gasteiger partial charge in [-0.1, -0.05) is 0 Å². The lowest BCUT2D eigenvalue weighted by Gasteiger charge is -2.23. The highest BCUT2D eigenvalue weighted by Gasteiger charge is 2.21. The Balaban J connectivity index is 2.36. The molecule has 0 radical (unpaired) electrons. The van der Waals surface area contributed by atoms with E-state index >= 15 is 0 Å². The van der Waals surface area contributed by atoms with Gasteiger partial charge in [0, 0.05) is 32.3 Å². The molecule has 1 aliphatic carbocycles. The van der Waals surface area contributed by atoms with Crippen LogP contribution in [0.25, 0.3) is 0 Å². The number of ether oxygens (including phenoxy) is 1. The van der Waals surface area contributed by atoms with Gasteiger partial charge in [0.1, 0.15) is 6.54 Å². The largest absolute Gasteiger partial charge is 0.379 e. The van der Waals surface area contributed by atoms with E-state index < -0.39 is 0 Å². The number of guanidine groups is 1. The molecule has 0 spiro atoms. The van der Waals surface area contributed by atoms with Crippen molar-refractivity contribution < 1.29 is 9.53 Å². The molecule has 6 nitrogen and oxygen atoms in total. The standard InChI is InChI=1S/C16H32N4O2/c1-6-17-15(18-11-14(21)19-16(2,3)4)20(5)9-10-22-12-13-7-8-13/h13H,6-12H2,1-5H3,(H,17,18)(H,19,21). The van der Waals surface area contributed by atoms with E-state index in [1.807, 2.05) is 39.6 Å². The maximum Gasteiger partial charge on any atom is 0.242 e. The third-order valence-electron chi connectivity index (χ3n) is 3.20. The summed E-state index contributed by atoms with van der Waals surface area (Å²) >= 11 is 0. The Kier molecular flexibility index (Phi) is 7.65. The summed E-state index contributed by atoms with van der Waals surface area (Å²) in [7, 11) is 1.96. The topological polar surface area (TPSA) is 66.0 Å². The molecule has 128 valence electrons. The number of hydrogen-bond acceptors (Lipinski definition) is 3. The number of rotatable bonds is 8. The molecule has 1 saturated carbocycles. The minimum absolute atomic E-state index is 0.0683. The lowest BCUT2D eigenvalue weighted by Crippen LogP contribution is -2.44. The summed E-state index contributed by atoms with van der Waals surface area (Å²) in [5.74, 6) is 1.45. The number of carbonyl (C=O) groups is 1. The van der Waals surface area contributed by atoms with E-state index in [1.54, 1.807) is 0 Å². The monoisotopic (exact) mass is 312 g/mol. The smallest absolute Gasteiger partial charge is 0.242 e. The Labute approximate surface area is 134 Å². The summed E-state index contributed by atoms with van der Waals surface area (Å²) in [4.78, 5) is 18.2. The van der Waals surface area contributed by atoms with Gasteiger partial charge < -0.3 is 20.3 Å². The molecule has 0 aliphatic heterocycles. The first kappa shape index (κ1) is 18.7. The van der Waals surface area contributed by atoms with Crippen LogP contribution in [0.5, 0.6) is 0 Å². The molecule has 0 aromatic rings. The molecule has 1 amide bonds. The first-order valence-electron chi connectivity index (χ1n) is 8.20. The zero-order valence-corrected chi connectivity index (χ0v) is 14.7. The van der Waals surface area contributed by atoms with Crippen molar-refractivity contribution in [2.24, 2.45) is 10.9 Å². The van der Waals surface area contributed by atoms with Gasteiger partial charge in [0.15, 0.2) is 5.96 Å². The average Bonchev–Trinajstić information content (AvgIpc) is 3.21. The molecule has 0 aromatic heterocycles. The van der Waals surface area contributed by atoms with Gasteiger partial charge in [-0.3, -0.25) is 4.79 Å². The average molecular weight is 312 g/mol. The van der Waals surface area contributed by atoms with Crippen LogP contribution in [0, 0.1) is 5.92 Å². The van der Waals surface area contributed by atoms with Gasteiger partial charge in [0.25, 0.3) is 0 Å². The van der Waals surface area contributed by atoms with E-state index in [1.165, 1.54) is 12.8 Å². The minimum atomic E-state index is -0.229. The maximum absolute atomic E-state index is 11.8. The van der Waals surface area contributed by atoms with Crippen LogP contribution < -0.4 is 10.6 Å². The Morgan fingerprint density at radius 3 is 2.59 bits per heavy atom. The summed E-state index contributed by atoms with van der Waals surface area (Å²) in [6.07, 6.45) is 2.62. The predicted octanol–water partition coefficient (Wildman–Crippen LogP) is 1.23. The number of hydrogen-bond donors (Lipinski definition) is 2. The van der Waals surface area contributed by atoms with Crippen LogP contribution in [-0.4, -0.2) is 62.2 Å². The molecule has 0 unspecified atom stereocenters. The van der Waals surface area contributed by atoms with Gasteiger partial charge in [0.05, 0.1) is 6.61 Å². The van der Waals surface area contributed by atoms with E-state index in [-0.39, 0.29) is 18.0 Å². The molecule has 6 heteroatoms. The maximum atomic E-state index is 11.8. The van der Waals surface area contributed by atoms with E-state index in [2.05, 4.69) is 15.6 Å². The molecule has 0 aromatic carbocycles. The fourth-order valence-electron chi connectivity index (χ4n) is 1.92. The molecule has 0 bridgehead atoms. The van der Waals surface area contributed by atoms with Crippen molar-refractivity contribution in [3.63, 3.8) is 0 Å². The highest BCUT2D eigenvalue weighted by Crippen LogP contribution is 2.28. The van der Waals surface area contributed by atoms with Crippen LogP contribution in [0.2, 0.25) is 0 Å². The molecular formula is C16H32N4O2. The Morgan fingerprint density at radius 1 is 1.36 bits per heavy atom. The third kappa shape index (κ3) is 8.87. The normalized spacial score (nSPS) is 15.6. The third-order valence-corrected chi connectivity index (χ3v) is 3.20. The van der Waals surface area contributed by atoms with Crippen LogP contribution in [0.4, 0.5) is 0 Å². The van der Waals surface area contributed by atoms with Gasteiger partial charge in [-0.15, -0.1) is 0 Å². The van der Waals surface area contributed by atoms with Gasteiger partial charge in [0.2, 0.25) is 5.91 Å². The second-order valence-corrected chi connectivity index (χ2v) is 6.91. The Hall–Kier alpha value is -1.30. The van der Waals surface area contributed by atoms with Crippen molar-refractivity contribution >= 4 is 11.9 Å². The SMILES string of the molecule is CCNC(=NCC(=O)NC(C)(C)C)N(C)CCOCC1CC1. The quantitative estimate of drug-likeness (QED) is 0.402. The van der Waals surface area contributed by atoms with Gasteiger partial charge in [-0.25, -0.2) is 4.99 Å². The lowest BCUT2D eigenvalue weighted by molar-refractivity contribution is -0.121. The number of amides is 1. The van der Waals surface area contributed by atoms with E-state index in [4.69, 9.17) is 4.74 Å². The first-order chi connectivity index (χ1) is 10.3. The molecule has 22 heavy (non-hydrogen) atoms. The van der Waals surface area contributed by atoms with Crippen molar-refractivity contribution in [2.45, 2.75) is 46.1 Å². The molecule has 0 atom stereocenters. The number of nitrogens with one attached hydrogen (secondary N) is 2. The summed E-state index contributed by atoms with van der Waals surface area (Å²) < 4.78 is 5.64. The molecule has 0 heterocycles. The van der Waals surface area contributed by atoms with Crippen LogP contribution in [0.15, 0.2) is 4.99 Å². The van der Waals surface area contributed by atoms with Crippen molar-refractivity contribution in [2.75, 3.05) is 39.9 Å². The van der Waals surface area contributed by atoms with Crippen molar-refractivity contribution in [3.05, 3.63) is 0 Å². The van der Waals surface area contributed by atoms with E-state index in [0.29, 0.717) is 6.61 Å². The number of likely N-dealkylation sites (N-methyl/N-ethyl adjacent to an activating group) is 1. The summed E-state index contributed by atoms with van der Waals surface area (Å²) in [5.41, 5.74) is -0.229. The number of aliphatic imine (C=N–C) groups is 1. The summed E-state index contributed by atoms with van der Waals surface area (Å²) in [6, 6.07) is 0. The van der Waals surface area contributed by atoms with Crippen molar-refractivity contribution in [1.29, 1.82) is 0 Å². The van der Waals surface area contributed by atoms with Crippen LogP contribution in [-0.2, 0) is 9.53 Å². The Bertz CT molecular complexity index is 373. The molecule has 0 saturated heterocycles. The predicted molar refractivity (Wildman–Crippen MR) is 90.0 cm³/mol. The highest BCUT2D eigenvalue weighted by molar-refractivity contribution is 5.85. The van der Waals surface area contributed by atoms with E-state index in [9.17, 15) is 4.79 Å². The molecule has 1 aliphatic rings. The minimum Gasteiger partial charge on any atom is -0.379 e. The summed E-state index contributed by atoms with van der Waals surface area (Å²) in [6.45, 7) is 11.1. The molecule has 1 rings (SSSR count).